The lowest BCUT2D eigenvalue weighted by molar-refractivity contribution is -0.110. The van der Waals surface area contributed by atoms with Gasteiger partial charge in [-0.1, -0.05) is 41.4 Å². The first kappa shape index (κ1) is 13.3. The fraction of sp³-hybridized carbons (Fsp3) is 0. The molecule has 0 bridgehead atoms. The summed E-state index contributed by atoms with van der Waals surface area (Å²) < 4.78 is 0. The summed E-state index contributed by atoms with van der Waals surface area (Å²) in [7, 11) is 0. The smallest absolute Gasteiger partial charge is 0.276 e. The molecule has 0 unspecified atom stereocenters. The second kappa shape index (κ2) is 4.83. The maximum Gasteiger partial charge on any atom is 0.276 e. The van der Waals surface area contributed by atoms with Crippen LogP contribution in [0.2, 0.25) is 10.0 Å². The number of nitrogens with zero attached hydrogens (tertiary/aromatic N) is 3. The van der Waals surface area contributed by atoms with Gasteiger partial charge in [0.05, 0.1) is 22.4 Å². The minimum atomic E-state index is -0.334. The number of aromatic nitrogens is 2. The van der Waals surface area contributed by atoms with Gasteiger partial charge in [0, 0.05) is 16.0 Å². The van der Waals surface area contributed by atoms with Crippen LogP contribution >= 0.6 is 23.2 Å². The minimum Gasteiger partial charge on any atom is -0.319 e. The molecule has 0 radical (unpaired) electrons. The Bertz CT molecular complexity index is 961. The molecular weight excluding hydrogens is 323 g/mol. The zero-order valence-corrected chi connectivity index (χ0v) is 12.6. The molecule has 0 saturated heterocycles. The number of hydrogen-bond donors (Lipinski definition) is 1. The van der Waals surface area contributed by atoms with Crippen LogP contribution < -0.4 is 5.32 Å². The topological polar surface area (TPSA) is 59.3 Å². The van der Waals surface area contributed by atoms with E-state index in [-0.39, 0.29) is 11.6 Å². The van der Waals surface area contributed by atoms with Crippen molar-refractivity contribution >= 4 is 51.4 Å². The van der Waals surface area contributed by atoms with Gasteiger partial charge in [-0.3, -0.25) is 4.79 Å². The number of benzene rings is 2. The number of rotatable bonds is 1. The quantitative estimate of drug-likeness (QED) is 0.741. The average Bonchev–Trinajstić information content (AvgIpc) is 3.03. The highest BCUT2D eigenvalue weighted by Crippen LogP contribution is 2.34. The molecule has 7 heteroatoms. The van der Waals surface area contributed by atoms with Crippen molar-refractivity contribution in [3.05, 3.63) is 58.2 Å². The molecule has 1 aromatic heterocycles. The van der Waals surface area contributed by atoms with Gasteiger partial charge in [-0.25, -0.2) is 0 Å². The number of halogens is 2. The van der Waals surface area contributed by atoms with Gasteiger partial charge in [-0.2, -0.15) is 9.89 Å². The van der Waals surface area contributed by atoms with Crippen LogP contribution in [0, 0.1) is 0 Å². The molecule has 4 rings (SSSR count). The lowest BCUT2D eigenvalue weighted by Gasteiger charge is -2.02. The Labute approximate surface area is 135 Å². The first-order chi connectivity index (χ1) is 10.6. The van der Waals surface area contributed by atoms with Crippen molar-refractivity contribution < 1.29 is 4.79 Å². The van der Waals surface area contributed by atoms with Gasteiger partial charge in [0.15, 0.2) is 5.71 Å². The standard InChI is InChI=1S/C15H8Cl2N4O/c16-9-5-10-13(11(17)6-9)19-15(22)14(10)20-21-12-4-2-1-3-8(12)7-18-21/h1-7H,(H,19,20,22). The number of carbonyl (C=O) groups excluding carboxylic acids is 1. The van der Waals surface area contributed by atoms with E-state index in [1.165, 1.54) is 4.79 Å². The van der Waals surface area contributed by atoms with E-state index in [0.717, 1.165) is 10.9 Å². The molecule has 1 amide bonds. The van der Waals surface area contributed by atoms with Crippen molar-refractivity contribution in [3.63, 3.8) is 0 Å². The highest BCUT2D eigenvalue weighted by molar-refractivity contribution is 6.56. The van der Waals surface area contributed by atoms with Crippen molar-refractivity contribution in [2.24, 2.45) is 5.10 Å². The van der Waals surface area contributed by atoms with E-state index >= 15 is 0 Å². The maximum atomic E-state index is 12.2. The first-order valence-corrected chi connectivity index (χ1v) is 7.21. The zero-order chi connectivity index (χ0) is 15.3. The number of carbonyl (C=O) groups is 1. The van der Waals surface area contributed by atoms with Gasteiger partial charge in [0.25, 0.3) is 5.91 Å². The molecule has 0 aliphatic carbocycles. The molecule has 3 aromatic rings. The molecule has 1 N–H and O–H groups in total. The van der Waals surface area contributed by atoms with Gasteiger partial charge in [-0.05, 0) is 18.2 Å². The summed E-state index contributed by atoms with van der Waals surface area (Å²) in [5.41, 5.74) is 2.13. The summed E-state index contributed by atoms with van der Waals surface area (Å²) in [6, 6.07) is 10.8. The van der Waals surface area contributed by atoms with E-state index in [2.05, 4.69) is 15.5 Å². The molecule has 108 valence electrons. The van der Waals surface area contributed by atoms with Crippen molar-refractivity contribution in [2.75, 3.05) is 5.32 Å². The average molecular weight is 331 g/mol. The molecule has 0 saturated carbocycles. The van der Waals surface area contributed by atoms with Crippen LogP contribution in [0.3, 0.4) is 0 Å². The second-order valence-corrected chi connectivity index (χ2v) is 5.65. The van der Waals surface area contributed by atoms with Gasteiger partial charge in [0.1, 0.15) is 0 Å². The Hall–Kier alpha value is -2.37. The van der Waals surface area contributed by atoms with Crippen LogP contribution in [0.4, 0.5) is 5.69 Å². The maximum absolute atomic E-state index is 12.2. The molecule has 0 atom stereocenters. The number of anilines is 1. The highest BCUT2D eigenvalue weighted by Gasteiger charge is 2.29. The Kier molecular flexibility index (Phi) is 2.92. The summed E-state index contributed by atoms with van der Waals surface area (Å²) in [6.45, 7) is 0. The van der Waals surface area contributed by atoms with Gasteiger partial charge in [0.2, 0.25) is 0 Å². The van der Waals surface area contributed by atoms with Crippen LogP contribution in [-0.2, 0) is 4.79 Å². The van der Waals surface area contributed by atoms with Gasteiger partial charge in [-0.15, -0.1) is 5.10 Å². The fourth-order valence-corrected chi connectivity index (χ4v) is 2.95. The van der Waals surface area contributed by atoms with E-state index in [4.69, 9.17) is 23.2 Å². The molecule has 22 heavy (non-hydrogen) atoms. The van der Waals surface area contributed by atoms with E-state index < -0.39 is 0 Å². The molecular formula is C15H8Cl2N4O. The van der Waals surface area contributed by atoms with Crippen molar-refractivity contribution in [1.82, 2.24) is 9.89 Å². The molecule has 5 nitrogen and oxygen atoms in total. The number of amides is 1. The molecule has 0 fully saturated rings. The Morgan fingerprint density at radius 2 is 2.00 bits per heavy atom. The van der Waals surface area contributed by atoms with Crippen LogP contribution in [0.1, 0.15) is 5.56 Å². The van der Waals surface area contributed by atoms with Crippen LogP contribution in [0.15, 0.2) is 47.7 Å². The third kappa shape index (κ3) is 1.98. The van der Waals surface area contributed by atoms with Gasteiger partial charge < -0.3 is 5.32 Å². The largest absolute Gasteiger partial charge is 0.319 e. The first-order valence-electron chi connectivity index (χ1n) is 6.46. The predicted molar refractivity (Wildman–Crippen MR) is 86.8 cm³/mol. The predicted octanol–water partition coefficient (Wildman–Crippen LogP) is 3.55. The fourth-order valence-electron chi connectivity index (χ4n) is 2.41. The van der Waals surface area contributed by atoms with Crippen LogP contribution in [0.25, 0.3) is 10.9 Å². The van der Waals surface area contributed by atoms with Crippen LogP contribution in [0.5, 0.6) is 0 Å². The highest BCUT2D eigenvalue weighted by atomic mass is 35.5. The number of para-hydroxylation sites is 1. The van der Waals surface area contributed by atoms with E-state index in [1.54, 1.807) is 18.3 Å². The lowest BCUT2D eigenvalue weighted by Crippen LogP contribution is -2.16. The normalized spacial score (nSPS) is 15.4. The van der Waals surface area contributed by atoms with E-state index in [0.29, 0.717) is 21.3 Å². The van der Waals surface area contributed by atoms with Crippen molar-refractivity contribution in [2.45, 2.75) is 0 Å². The second-order valence-electron chi connectivity index (χ2n) is 4.81. The molecule has 1 aliphatic heterocycles. The molecule has 2 heterocycles. The SMILES string of the molecule is O=C1Nc2c(Cl)cc(Cl)cc2C1=Nn1ncc2ccccc21. The summed E-state index contributed by atoms with van der Waals surface area (Å²) in [5, 5.41) is 13.0. The molecule has 0 spiro atoms. The minimum absolute atomic E-state index is 0.230. The third-order valence-corrected chi connectivity index (χ3v) is 3.93. The van der Waals surface area contributed by atoms with Crippen molar-refractivity contribution in [1.29, 1.82) is 0 Å². The Morgan fingerprint density at radius 1 is 1.18 bits per heavy atom. The summed E-state index contributed by atoms with van der Waals surface area (Å²) in [4.78, 5) is 13.6. The monoisotopic (exact) mass is 330 g/mol. The van der Waals surface area contributed by atoms with Crippen LogP contribution in [-0.4, -0.2) is 21.5 Å². The summed E-state index contributed by atoms with van der Waals surface area (Å²) in [6.07, 6.45) is 1.69. The van der Waals surface area contributed by atoms with E-state index in [1.807, 2.05) is 24.3 Å². The molecule has 2 aromatic carbocycles. The number of fused-ring (bicyclic) bond motifs is 2. The van der Waals surface area contributed by atoms with Crippen molar-refractivity contribution in [3.8, 4) is 0 Å². The zero-order valence-electron chi connectivity index (χ0n) is 11.0. The van der Waals surface area contributed by atoms with Gasteiger partial charge >= 0.3 is 0 Å². The Balaban J connectivity index is 1.92. The summed E-state index contributed by atoms with van der Waals surface area (Å²) in [5.74, 6) is -0.334. The summed E-state index contributed by atoms with van der Waals surface area (Å²) >= 11 is 12.1. The number of hydrogen-bond acceptors (Lipinski definition) is 3. The third-order valence-electron chi connectivity index (χ3n) is 3.42. The Morgan fingerprint density at radius 3 is 2.86 bits per heavy atom. The lowest BCUT2D eigenvalue weighted by atomic mass is 10.1. The number of nitrogens with one attached hydrogen (secondary N) is 1. The molecule has 1 aliphatic rings. The van der Waals surface area contributed by atoms with E-state index in [9.17, 15) is 4.79 Å².